The van der Waals surface area contributed by atoms with Crippen molar-refractivity contribution < 1.29 is 9.47 Å². The Kier molecular flexibility index (Phi) is 3.44. The van der Waals surface area contributed by atoms with Gasteiger partial charge in [-0.05, 0) is 39.0 Å². The van der Waals surface area contributed by atoms with Crippen molar-refractivity contribution in [1.29, 1.82) is 0 Å². The van der Waals surface area contributed by atoms with Crippen molar-refractivity contribution in [2.24, 2.45) is 4.99 Å². The van der Waals surface area contributed by atoms with E-state index in [9.17, 15) is 0 Å². The van der Waals surface area contributed by atoms with Crippen LogP contribution in [0.5, 0.6) is 5.75 Å². The van der Waals surface area contributed by atoms with Gasteiger partial charge in [0, 0.05) is 18.1 Å². The molecule has 0 fully saturated rings. The molecule has 0 amide bonds. The molecule has 3 nitrogen and oxygen atoms in total. The Balaban J connectivity index is 2.02. The molecule has 1 aliphatic rings. The molecule has 0 radical (unpaired) electrons. The number of benzene rings is 2. The van der Waals surface area contributed by atoms with Crippen LogP contribution in [-0.2, 0) is 10.5 Å². The van der Waals surface area contributed by atoms with Gasteiger partial charge in [0.05, 0.1) is 5.54 Å². The Labute approximate surface area is 131 Å². The van der Waals surface area contributed by atoms with E-state index in [0.717, 1.165) is 16.9 Å². The van der Waals surface area contributed by atoms with Gasteiger partial charge in [-0.2, -0.15) is 0 Å². The van der Waals surface area contributed by atoms with E-state index in [1.165, 1.54) is 0 Å². The summed E-state index contributed by atoms with van der Waals surface area (Å²) in [5.74, 6) is 0.556. The number of hydrogen-bond donors (Lipinski definition) is 0. The van der Waals surface area contributed by atoms with Crippen molar-refractivity contribution in [3.05, 3.63) is 65.7 Å². The van der Waals surface area contributed by atoms with E-state index in [4.69, 9.17) is 14.5 Å². The Morgan fingerprint density at radius 1 is 0.955 bits per heavy atom. The second-order valence-electron chi connectivity index (χ2n) is 6.60. The predicted octanol–water partition coefficient (Wildman–Crippen LogP) is 4.51. The smallest absolute Gasteiger partial charge is 0.277 e. The average Bonchev–Trinajstić information content (AvgIpc) is 2.71. The highest BCUT2D eigenvalue weighted by Gasteiger charge is 2.43. The van der Waals surface area contributed by atoms with Crippen molar-refractivity contribution in [2.45, 2.75) is 39.0 Å². The maximum atomic E-state index is 6.13. The molecule has 3 heteroatoms. The second kappa shape index (κ2) is 5.16. The van der Waals surface area contributed by atoms with Gasteiger partial charge in [-0.15, -0.1) is 0 Å². The minimum absolute atomic E-state index is 0.208. The Morgan fingerprint density at radius 2 is 1.59 bits per heavy atom. The van der Waals surface area contributed by atoms with Gasteiger partial charge in [0.15, 0.2) is 0 Å². The maximum Gasteiger partial charge on any atom is 0.277 e. The van der Waals surface area contributed by atoms with Crippen LogP contribution in [0.2, 0.25) is 0 Å². The van der Waals surface area contributed by atoms with Crippen LogP contribution in [0.4, 0.5) is 0 Å². The lowest BCUT2D eigenvalue weighted by molar-refractivity contribution is -0.106. The van der Waals surface area contributed by atoms with Crippen LogP contribution in [0.25, 0.3) is 0 Å². The number of hydrogen-bond acceptors (Lipinski definition) is 3. The largest absolute Gasteiger partial charge is 0.448 e. The van der Waals surface area contributed by atoms with Gasteiger partial charge in [-0.3, -0.25) is 0 Å². The first-order chi connectivity index (χ1) is 10.4. The summed E-state index contributed by atoms with van der Waals surface area (Å²) in [6.07, 6.45) is 0. The molecule has 1 heterocycles. The Hall–Kier alpha value is -2.29. The lowest BCUT2D eigenvalue weighted by Gasteiger charge is -2.26. The van der Waals surface area contributed by atoms with E-state index < -0.39 is 5.79 Å². The first-order valence-corrected chi connectivity index (χ1v) is 7.50. The third kappa shape index (κ3) is 2.84. The number of para-hydroxylation sites is 1. The SMILES string of the molecule is CC(C)(C)N=C1OC(C)(Oc2ccccc2)c2ccccc21. The Bertz CT molecular complexity index is 701. The lowest BCUT2D eigenvalue weighted by Crippen LogP contribution is -2.30. The van der Waals surface area contributed by atoms with Crippen LogP contribution in [-0.4, -0.2) is 11.4 Å². The summed E-state index contributed by atoms with van der Waals surface area (Å²) in [5.41, 5.74) is 1.79. The van der Waals surface area contributed by atoms with Crippen LogP contribution in [0, 0.1) is 0 Å². The average molecular weight is 295 g/mol. The fraction of sp³-hybridized carbons (Fsp3) is 0.316. The molecule has 2 aromatic rings. The lowest BCUT2D eigenvalue weighted by atomic mass is 10.0. The highest BCUT2D eigenvalue weighted by molar-refractivity contribution is 5.98. The summed E-state index contributed by atoms with van der Waals surface area (Å²) in [7, 11) is 0. The van der Waals surface area contributed by atoms with Gasteiger partial charge in [-0.1, -0.05) is 36.4 Å². The molecule has 0 spiro atoms. The van der Waals surface area contributed by atoms with Crippen molar-refractivity contribution in [3.63, 3.8) is 0 Å². The molecule has 0 bridgehead atoms. The van der Waals surface area contributed by atoms with Gasteiger partial charge in [-0.25, -0.2) is 4.99 Å². The van der Waals surface area contributed by atoms with Crippen molar-refractivity contribution in [3.8, 4) is 5.75 Å². The summed E-state index contributed by atoms with van der Waals surface area (Å²) in [6, 6.07) is 17.8. The van der Waals surface area contributed by atoms with Crippen molar-refractivity contribution >= 4 is 5.90 Å². The number of fused-ring (bicyclic) bond motifs is 1. The maximum absolute atomic E-state index is 6.13. The van der Waals surface area contributed by atoms with Crippen LogP contribution in [0.1, 0.15) is 38.8 Å². The zero-order valence-corrected chi connectivity index (χ0v) is 13.5. The van der Waals surface area contributed by atoms with E-state index in [2.05, 4.69) is 20.8 Å². The van der Waals surface area contributed by atoms with Gasteiger partial charge < -0.3 is 9.47 Å². The van der Waals surface area contributed by atoms with E-state index in [1.54, 1.807) is 0 Å². The quantitative estimate of drug-likeness (QED) is 0.816. The molecule has 1 unspecified atom stereocenters. The number of aliphatic imine (C=N–C) groups is 1. The number of ether oxygens (including phenoxy) is 2. The van der Waals surface area contributed by atoms with Crippen LogP contribution >= 0.6 is 0 Å². The second-order valence-corrected chi connectivity index (χ2v) is 6.60. The molecule has 0 aromatic heterocycles. The number of nitrogens with zero attached hydrogens (tertiary/aromatic N) is 1. The van der Waals surface area contributed by atoms with Crippen molar-refractivity contribution in [1.82, 2.24) is 0 Å². The molecule has 0 aliphatic carbocycles. The fourth-order valence-corrected chi connectivity index (χ4v) is 2.54. The molecule has 1 aliphatic heterocycles. The predicted molar refractivity (Wildman–Crippen MR) is 88.2 cm³/mol. The normalized spacial score (nSPS) is 22.3. The summed E-state index contributed by atoms with van der Waals surface area (Å²) in [6.45, 7) is 8.10. The van der Waals surface area contributed by atoms with E-state index in [1.807, 2.05) is 61.5 Å². The molecule has 0 saturated heterocycles. The van der Waals surface area contributed by atoms with Gasteiger partial charge >= 0.3 is 0 Å². The minimum atomic E-state index is -0.859. The zero-order chi connectivity index (χ0) is 15.8. The standard InChI is InChI=1S/C19H21NO2/c1-18(2,3)20-17-15-12-8-9-13-16(15)19(4,22-17)21-14-10-6-5-7-11-14/h5-13H,1-4H3. The highest BCUT2D eigenvalue weighted by atomic mass is 16.7. The fourth-order valence-electron chi connectivity index (χ4n) is 2.54. The van der Waals surface area contributed by atoms with Crippen LogP contribution in [0.15, 0.2) is 59.6 Å². The molecular formula is C19H21NO2. The van der Waals surface area contributed by atoms with Gasteiger partial charge in [0.25, 0.3) is 5.79 Å². The molecule has 2 aromatic carbocycles. The van der Waals surface area contributed by atoms with Gasteiger partial charge in [0.1, 0.15) is 5.75 Å². The molecule has 0 saturated carbocycles. The minimum Gasteiger partial charge on any atom is -0.448 e. The van der Waals surface area contributed by atoms with E-state index in [-0.39, 0.29) is 5.54 Å². The zero-order valence-electron chi connectivity index (χ0n) is 13.5. The summed E-state index contributed by atoms with van der Waals surface area (Å²) in [4.78, 5) is 4.70. The molecule has 0 N–H and O–H groups in total. The first-order valence-electron chi connectivity index (χ1n) is 7.50. The molecular weight excluding hydrogens is 274 g/mol. The summed E-state index contributed by atoms with van der Waals surface area (Å²) in [5, 5.41) is 0. The highest BCUT2D eigenvalue weighted by Crippen LogP contribution is 2.38. The number of rotatable bonds is 2. The first kappa shape index (κ1) is 14.6. The van der Waals surface area contributed by atoms with Gasteiger partial charge in [0.2, 0.25) is 5.90 Å². The van der Waals surface area contributed by atoms with E-state index in [0.29, 0.717) is 5.90 Å². The summed E-state index contributed by atoms with van der Waals surface area (Å²) >= 11 is 0. The van der Waals surface area contributed by atoms with Crippen LogP contribution < -0.4 is 4.74 Å². The van der Waals surface area contributed by atoms with Crippen LogP contribution in [0.3, 0.4) is 0 Å². The third-order valence-electron chi connectivity index (χ3n) is 3.43. The molecule has 114 valence electrons. The third-order valence-corrected chi connectivity index (χ3v) is 3.43. The topological polar surface area (TPSA) is 30.8 Å². The van der Waals surface area contributed by atoms with Crippen molar-refractivity contribution in [2.75, 3.05) is 0 Å². The molecule has 22 heavy (non-hydrogen) atoms. The monoisotopic (exact) mass is 295 g/mol. The molecule has 3 rings (SSSR count). The summed E-state index contributed by atoms with van der Waals surface area (Å²) < 4.78 is 12.3. The van der Waals surface area contributed by atoms with E-state index >= 15 is 0 Å². The molecule has 1 atom stereocenters. The Morgan fingerprint density at radius 3 is 2.27 bits per heavy atom.